The van der Waals surface area contributed by atoms with Crippen LogP contribution in [0.25, 0.3) is 10.9 Å². The highest BCUT2D eigenvalue weighted by molar-refractivity contribution is 6.18. The number of ether oxygens (including phenoxy) is 2. The van der Waals surface area contributed by atoms with Gasteiger partial charge in [-0.1, -0.05) is 24.3 Å². The summed E-state index contributed by atoms with van der Waals surface area (Å²) in [6.07, 6.45) is 1.72. The van der Waals surface area contributed by atoms with Crippen molar-refractivity contribution in [1.29, 1.82) is 0 Å². The second-order valence-electron chi connectivity index (χ2n) is 4.61. The van der Waals surface area contributed by atoms with Gasteiger partial charge in [0.1, 0.15) is 17.1 Å². The highest BCUT2D eigenvalue weighted by atomic mass is 16.5. The molecule has 0 saturated heterocycles. The number of methoxy groups -OCH3 is 2. The Morgan fingerprint density at radius 2 is 1.62 bits per heavy atom. The predicted molar refractivity (Wildman–Crippen MR) is 81.3 cm³/mol. The first kappa shape index (κ1) is 13.2. The fraction of sp³-hybridized carbons (Fsp3) is 0.118. The van der Waals surface area contributed by atoms with Crippen molar-refractivity contribution in [2.24, 2.45) is 0 Å². The Balaban J connectivity index is 2.19. The Kier molecular flexibility index (Phi) is 3.36. The second kappa shape index (κ2) is 5.32. The minimum Gasteiger partial charge on any atom is -0.496 e. The molecule has 106 valence electrons. The van der Waals surface area contributed by atoms with Crippen LogP contribution in [0.5, 0.6) is 11.5 Å². The van der Waals surface area contributed by atoms with Gasteiger partial charge in [0.15, 0.2) is 0 Å². The van der Waals surface area contributed by atoms with E-state index < -0.39 is 0 Å². The summed E-state index contributed by atoms with van der Waals surface area (Å²) >= 11 is 0. The van der Waals surface area contributed by atoms with Crippen molar-refractivity contribution < 1.29 is 14.3 Å². The van der Waals surface area contributed by atoms with Gasteiger partial charge in [-0.05, 0) is 18.2 Å². The van der Waals surface area contributed by atoms with Gasteiger partial charge in [-0.3, -0.25) is 4.79 Å². The largest absolute Gasteiger partial charge is 0.496 e. The Hall–Kier alpha value is -2.75. The zero-order valence-electron chi connectivity index (χ0n) is 11.8. The summed E-state index contributed by atoms with van der Waals surface area (Å²) in [5.74, 6) is 0.885. The van der Waals surface area contributed by atoms with Crippen molar-refractivity contribution in [2.75, 3.05) is 14.2 Å². The third kappa shape index (κ3) is 2.14. The molecule has 1 aromatic heterocycles. The summed E-state index contributed by atoms with van der Waals surface area (Å²) in [6, 6.07) is 13.0. The number of hydrogen-bond donors (Lipinski definition) is 1. The first-order valence-corrected chi connectivity index (χ1v) is 6.58. The summed E-state index contributed by atoms with van der Waals surface area (Å²) < 4.78 is 10.6. The van der Waals surface area contributed by atoms with Crippen LogP contribution in [0.4, 0.5) is 0 Å². The van der Waals surface area contributed by atoms with E-state index in [2.05, 4.69) is 4.98 Å². The Morgan fingerprint density at radius 1 is 0.952 bits per heavy atom. The van der Waals surface area contributed by atoms with Crippen molar-refractivity contribution in [3.63, 3.8) is 0 Å². The van der Waals surface area contributed by atoms with E-state index >= 15 is 0 Å². The molecule has 4 nitrogen and oxygen atoms in total. The average molecular weight is 281 g/mol. The molecule has 0 aliphatic carbocycles. The minimum atomic E-state index is -0.123. The second-order valence-corrected chi connectivity index (χ2v) is 4.61. The van der Waals surface area contributed by atoms with E-state index in [1.165, 1.54) is 0 Å². The first-order chi connectivity index (χ1) is 10.3. The molecule has 0 aliphatic rings. The molecule has 0 bridgehead atoms. The first-order valence-electron chi connectivity index (χ1n) is 6.58. The van der Waals surface area contributed by atoms with Crippen LogP contribution >= 0.6 is 0 Å². The zero-order chi connectivity index (χ0) is 14.8. The lowest BCUT2D eigenvalue weighted by Gasteiger charge is -2.11. The van der Waals surface area contributed by atoms with E-state index in [1.54, 1.807) is 38.6 Å². The highest BCUT2D eigenvalue weighted by Gasteiger charge is 2.22. The van der Waals surface area contributed by atoms with Crippen LogP contribution in [0.15, 0.2) is 48.7 Å². The molecule has 0 atom stereocenters. The van der Waals surface area contributed by atoms with Crippen LogP contribution < -0.4 is 9.47 Å². The molecule has 0 unspecified atom stereocenters. The lowest BCUT2D eigenvalue weighted by atomic mass is 10.0. The number of para-hydroxylation sites is 1. The molecule has 1 N–H and O–H groups in total. The molecule has 3 rings (SSSR count). The number of benzene rings is 2. The number of aromatic nitrogens is 1. The summed E-state index contributed by atoms with van der Waals surface area (Å²) in [5.41, 5.74) is 1.97. The van der Waals surface area contributed by atoms with Gasteiger partial charge in [-0.2, -0.15) is 0 Å². The monoisotopic (exact) mass is 281 g/mol. The number of H-pyrrole nitrogens is 1. The number of nitrogens with one attached hydrogen (secondary N) is 1. The van der Waals surface area contributed by atoms with Crippen molar-refractivity contribution >= 4 is 16.7 Å². The van der Waals surface area contributed by atoms with Gasteiger partial charge >= 0.3 is 0 Å². The maximum atomic E-state index is 12.9. The molecular weight excluding hydrogens is 266 g/mol. The maximum Gasteiger partial charge on any atom is 0.202 e. The molecule has 4 heteroatoms. The fourth-order valence-electron chi connectivity index (χ4n) is 2.47. The van der Waals surface area contributed by atoms with Crippen molar-refractivity contribution in [1.82, 2.24) is 4.98 Å². The van der Waals surface area contributed by atoms with E-state index in [0.29, 0.717) is 22.6 Å². The molecule has 0 amide bonds. The van der Waals surface area contributed by atoms with Crippen molar-refractivity contribution in [3.8, 4) is 11.5 Å². The van der Waals surface area contributed by atoms with E-state index in [0.717, 1.165) is 10.9 Å². The summed E-state index contributed by atoms with van der Waals surface area (Å²) in [6.45, 7) is 0. The lowest BCUT2D eigenvalue weighted by molar-refractivity contribution is 0.103. The van der Waals surface area contributed by atoms with Gasteiger partial charge in [0, 0.05) is 22.7 Å². The SMILES string of the molecule is COc1cccc(OC)c1C(=O)c1c[nH]c2ccccc12. The summed E-state index contributed by atoms with van der Waals surface area (Å²) in [5, 5.41) is 0.885. The standard InChI is InChI=1S/C17H15NO3/c1-20-14-8-5-9-15(21-2)16(14)17(19)12-10-18-13-7-4-3-6-11(12)13/h3-10,18H,1-2H3. The molecule has 21 heavy (non-hydrogen) atoms. The van der Waals surface area contributed by atoms with Gasteiger partial charge in [-0.15, -0.1) is 0 Å². The highest BCUT2D eigenvalue weighted by Crippen LogP contribution is 2.32. The van der Waals surface area contributed by atoms with Gasteiger partial charge in [0.05, 0.1) is 14.2 Å². The van der Waals surface area contributed by atoms with Gasteiger partial charge in [-0.25, -0.2) is 0 Å². The molecule has 0 aliphatic heterocycles. The van der Waals surface area contributed by atoms with E-state index in [1.807, 2.05) is 24.3 Å². The number of hydrogen-bond acceptors (Lipinski definition) is 3. The van der Waals surface area contributed by atoms with Gasteiger partial charge in [0.25, 0.3) is 0 Å². The lowest BCUT2D eigenvalue weighted by Crippen LogP contribution is -2.06. The quantitative estimate of drug-likeness (QED) is 0.745. The number of fused-ring (bicyclic) bond motifs is 1. The normalized spacial score (nSPS) is 10.6. The molecule has 3 aromatic rings. The van der Waals surface area contributed by atoms with E-state index in [4.69, 9.17) is 9.47 Å². The number of rotatable bonds is 4. The minimum absolute atomic E-state index is 0.123. The predicted octanol–water partition coefficient (Wildman–Crippen LogP) is 3.42. The van der Waals surface area contributed by atoms with Crippen LogP contribution in [0, 0.1) is 0 Å². The molecule has 1 heterocycles. The van der Waals surface area contributed by atoms with Crippen molar-refractivity contribution in [2.45, 2.75) is 0 Å². The number of ketones is 1. The number of aromatic amines is 1. The van der Waals surface area contributed by atoms with Crippen LogP contribution in [-0.4, -0.2) is 25.0 Å². The Labute approximate surface area is 122 Å². The topological polar surface area (TPSA) is 51.3 Å². The van der Waals surface area contributed by atoms with Crippen LogP contribution in [0.1, 0.15) is 15.9 Å². The molecule has 0 fully saturated rings. The summed E-state index contributed by atoms with van der Waals surface area (Å²) in [7, 11) is 3.08. The van der Waals surface area contributed by atoms with Crippen molar-refractivity contribution in [3.05, 3.63) is 59.8 Å². The third-order valence-electron chi connectivity index (χ3n) is 3.49. The number of carbonyl (C=O) groups excluding carboxylic acids is 1. The molecular formula is C17H15NO3. The van der Waals surface area contributed by atoms with E-state index in [-0.39, 0.29) is 5.78 Å². The van der Waals surface area contributed by atoms with Crippen LogP contribution in [0.2, 0.25) is 0 Å². The summed E-state index contributed by atoms with van der Waals surface area (Å²) in [4.78, 5) is 16.0. The molecule has 0 saturated carbocycles. The molecule has 0 radical (unpaired) electrons. The zero-order valence-corrected chi connectivity index (χ0v) is 11.8. The molecule has 0 spiro atoms. The molecule has 2 aromatic carbocycles. The van der Waals surface area contributed by atoms with Crippen LogP contribution in [0.3, 0.4) is 0 Å². The van der Waals surface area contributed by atoms with E-state index in [9.17, 15) is 4.79 Å². The third-order valence-corrected chi connectivity index (χ3v) is 3.49. The Morgan fingerprint density at radius 3 is 2.29 bits per heavy atom. The average Bonchev–Trinajstić information content (AvgIpc) is 2.97. The number of carbonyl (C=O) groups is 1. The van der Waals surface area contributed by atoms with Gasteiger partial charge in [0.2, 0.25) is 5.78 Å². The smallest absolute Gasteiger partial charge is 0.202 e. The van der Waals surface area contributed by atoms with Crippen LogP contribution in [-0.2, 0) is 0 Å². The Bertz CT molecular complexity index is 782. The fourth-order valence-corrected chi connectivity index (χ4v) is 2.47. The maximum absolute atomic E-state index is 12.9. The van der Waals surface area contributed by atoms with Gasteiger partial charge < -0.3 is 14.5 Å².